The molecule has 86 valence electrons. The van der Waals surface area contributed by atoms with Crippen molar-refractivity contribution >= 4 is 5.91 Å². The molecule has 0 radical (unpaired) electrons. The summed E-state index contributed by atoms with van der Waals surface area (Å²) >= 11 is 0. The monoisotopic (exact) mass is 212 g/mol. The van der Waals surface area contributed by atoms with Crippen LogP contribution in [0.3, 0.4) is 0 Å². The average molecular weight is 212 g/mol. The van der Waals surface area contributed by atoms with Crippen molar-refractivity contribution in [3.63, 3.8) is 0 Å². The van der Waals surface area contributed by atoms with Gasteiger partial charge in [0, 0.05) is 26.2 Å². The van der Waals surface area contributed by atoms with E-state index in [1.165, 1.54) is 0 Å². The number of nitrogens with zero attached hydrogens (tertiary/aromatic N) is 1. The molecule has 2 saturated heterocycles. The zero-order chi connectivity index (χ0) is 10.7. The van der Waals surface area contributed by atoms with Gasteiger partial charge in [-0.15, -0.1) is 0 Å². The van der Waals surface area contributed by atoms with Crippen LogP contribution in [-0.4, -0.2) is 49.7 Å². The van der Waals surface area contributed by atoms with Crippen molar-refractivity contribution in [2.45, 2.75) is 37.8 Å². The summed E-state index contributed by atoms with van der Waals surface area (Å²) in [4.78, 5) is 13.9. The van der Waals surface area contributed by atoms with E-state index < -0.39 is 0 Å². The lowest BCUT2D eigenvalue weighted by molar-refractivity contribution is -0.142. The van der Waals surface area contributed by atoms with Gasteiger partial charge in [0.2, 0.25) is 0 Å². The molecule has 2 fully saturated rings. The first kappa shape index (κ1) is 10.9. The van der Waals surface area contributed by atoms with Crippen LogP contribution in [0.4, 0.5) is 0 Å². The van der Waals surface area contributed by atoms with Crippen molar-refractivity contribution in [1.29, 1.82) is 0 Å². The van der Waals surface area contributed by atoms with Gasteiger partial charge in [-0.05, 0) is 32.2 Å². The summed E-state index contributed by atoms with van der Waals surface area (Å²) in [5.74, 6) is 0.168. The third-order valence-corrected chi connectivity index (χ3v) is 3.37. The number of piperidine rings is 1. The highest BCUT2D eigenvalue weighted by atomic mass is 16.5. The molecule has 0 aromatic rings. The Balaban J connectivity index is 1.87. The lowest BCUT2D eigenvalue weighted by Gasteiger charge is -2.33. The Hall–Kier alpha value is -0.610. The highest BCUT2D eigenvalue weighted by molar-refractivity contribution is 5.81. The average Bonchev–Trinajstić information content (AvgIpc) is 2.82. The van der Waals surface area contributed by atoms with E-state index in [-0.39, 0.29) is 12.0 Å². The van der Waals surface area contributed by atoms with Crippen molar-refractivity contribution in [2.24, 2.45) is 0 Å². The molecule has 0 saturated carbocycles. The first-order chi connectivity index (χ1) is 7.29. The van der Waals surface area contributed by atoms with Gasteiger partial charge in [0.1, 0.15) is 6.10 Å². The van der Waals surface area contributed by atoms with E-state index in [0.717, 1.165) is 45.4 Å². The van der Waals surface area contributed by atoms with Crippen molar-refractivity contribution in [1.82, 2.24) is 10.2 Å². The van der Waals surface area contributed by atoms with Crippen molar-refractivity contribution in [3.8, 4) is 0 Å². The fourth-order valence-electron chi connectivity index (χ4n) is 2.34. The van der Waals surface area contributed by atoms with Crippen LogP contribution in [0.15, 0.2) is 0 Å². The second-order valence-corrected chi connectivity index (χ2v) is 4.45. The minimum Gasteiger partial charge on any atom is -0.368 e. The Morgan fingerprint density at radius 2 is 2.27 bits per heavy atom. The lowest BCUT2D eigenvalue weighted by Crippen LogP contribution is -2.49. The molecule has 0 spiro atoms. The van der Waals surface area contributed by atoms with E-state index in [1.54, 1.807) is 0 Å². The maximum absolute atomic E-state index is 12.0. The first-order valence-corrected chi connectivity index (χ1v) is 5.88. The Kier molecular flexibility index (Phi) is 3.59. The molecule has 2 aliphatic heterocycles. The van der Waals surface area contributed by atoms with Gasteiger partial charge in [0.05, 0.1) is 0 Å². The van der Waals surface area contributed by atoms with E-state index in [4.69, 9.17) is 4.74 Å². The maximum Gasteiger partial charge on any atom is 0.251 e. The Morgan fingerprint density at radius 3 is 2.87 bits per heavy atom. The van der Waals surface area contributed by atoms with Crippen molar-refractivity contribution < 1.29 is 9.53 Å². The minimum absolute atomic E-state index is 0.168. The molecule has 4 heteroatoms. The number of carbonyl (C=O) groups excluding carboxylic acids is 1. The van der Waals surface area contributed by atoms with Gasteiger partial charge >= 0.3 is 0 Å². The van der Waals surface area contributed by atoms with Crippen LogP contribution in [0, 0.1) is 0 Å². The number of ether oxygens (including phenoxy) is 1. The van der Waals surface area contributed by atoms with Gasteiger partial charge in [-0.1, -0.05) is 0 Å². The molecule has 2 rings (SSSR count). The molecular weight excluding hydrogens is 192 g/mol. The maximum atomic E-state index is 12.0. The second kappa shape index (κ2) is 4.94. The molecule has 1 N–H and O–H groups in total. The summed E-state index contributed by atoms with van der Waals surface area (Å²) in [5, 5.41) is 3.33. The van der Waals surface area contributed by atoms with Crippen LogP contribution >= 0.6 is 0 Å². The number of nitrogens with one attached hydrogen (secondary N) is 1. The molecule has 1 unspecified atom stereocenters. The van der Waals surface area contributed by atoms with Crippen LogP contribution in [0.25, 0.3) is 0 Å². The lowest BCUT2D eigenvalue weighted by atomic mass is 10.1. The Morgan fingerprint density at radius 1 is 1.40 bits per heavy atom. The summed E-state index contributed by atoms with van der Waals surface area (Å²) in [5.41, 5.74) is 0. The number of amides is 1. The number of hydrogen-bond donors (Lipinski definition) is 1. The molecule has 2 heterocycles. The molecule has 1 amide bonds. The standard InChI is InChI=1S/C11H20N2O2/c1-13(9-4-2-6-12-8-9)11(14)10-5-3-7-15-10/h9-10,12H,2-8H2,1H3/t9?,10-/m0/s1. The predicted octanol–water partition coefficient (Wildman–Crippen LogP) is 0.376. The van der Waals surface area contributed by atoms with Crippen LogP contribution in [-0.2, 0) is 9.53 Å². The van der Waals surface area contributed by atoms with Gasteiger partial charge < -0.3 is 15.0 Å². The molecule has 4 nitrogen and oxygen atoms in total. The molecule has 2 aliphatic rings. The van der Waals surface area contributed by atoms with Gasteiger partial charge in [-0.25, -0.2) is 0 Å². The zero-order valence-corrected chi connectivity index (χ0v) is 9.37. The molecule has 0 aromatic heterocycles. The largest absolute Gasteiger partial charge is 0.368 e. The Labute approximate surface area is 91.0 Å². The third-order valence-electron chi connectivity index (χ3n) is 3.37. The van der Waals surface area contributed by atoms with E-state index in [1.807, 2.05) is 11.9 Å². The quantitative estimate of drug-likeness (QED) is 0.719. The van der Waals surface area contributed by atoms with Crippen LogP contribution in [0.5, 0.6) is 0 Å². The second-order valence-electron chi connectivity index (χ2n) is 4.45. The molecule has 0 aliphatic carbocycles. The number of likely N-dealkylation sites (N-methyl/N-ethyl adjacent to an activating group) is 1. The smallest absolute Gasteiger partial charge is 0.251 e. The molecule has 15 heavy (non-hydrogen) atoms. The van der Waals surface area contributed by atoms with E-state index in [0.29, 0.717) is 6.04 Å². The molecular formula is C11H20N2O2. The van der Waals surface area contributed by atoms with Gasteiger partial charge in [0.25, 0.3) is 5.91 Å². The first-order valence-electron chi connectivity index (χ1n) is 5.88. The van der Waals surface area contributed by atoms with E-state index in [9.17, 15) is 4.79 Å². The highest BCUT2D eigenvalue weighted by Gasteiger charge is 2.30. The summed E-state index contributed by atoms with van der Waals surface area (Å²) in [6, 6.07) is 0.357. The van der Waals surface area contributed by atoms with Gasteiger partial charge in [-0.3, -0.25) is 4.79 Å². The van der Waals surface area contributed by atoms with Crippen LogP contribution in [0.1, 0.15) is 25.7 Å². The zero-order valence-electron chi connectivity index (χ0n) is 9.37. The number of carbonyl (C=O) groups is 1. The fraction of sp³-hybridized carbons (Fsp3) is 0.909. The number of rotatable bonds is 2. The van der Waals surface area contributed by atoms with Crippen molar-refractivity contribution in [3.05, 3.63) is 0 Å². The highest BCUT2D eigenvalue weighted by Crippen LogP contribution is 2.17. The minimum atomic E-state index is -0.170. The normalized spacial score (nSPS) is 31.5. The summed E-state index contributed by atoms with van der Waals surface area (Å²) in [6.07, 6.45) is 4.02. The van der Waals surface area contributed by atoms with Gasteiger partial charge in [0.15, 0.2) is 0 Å². The number of hydrogen-bond acceptors (Lipinski definition) is 3. The topological polar surface area (TPSA) is 41.6 Å². The molecule has 0 aromatic carbocycles. The van der Waals surface area contributed by atoms with E-state index >= 15 is 0 Å². The third kappa shape index (κ3) is 2.49. The summed E-state index contributed by atoms with van der Waals surface area (Å²) in [6.45, 7) is 2.75. The van der Waals surface area contributed by atoms with E-state index in [2.05, 4.69) is 5.32 Å². The molecule has 0 bridgehead atoms. The summed E-state index contributed by atoms with van der Waals surface area (Å²) < 4.78 is 5.42. The Bertz CT molecular complexity index is 221. The molecule has 2 atom stereocenters. The summed E-state index contributed by atoms with van der Waals surface area (Å²) in [7, 11) is 1.90. The van der Waals surface area contributed by atoms with Crippen LogP contribution < -0.4 is 5.32 Å². The SMILES string of the molecule is CN(C(=O)[C@@H]1CCCO1)C1CCCNC1. The van der Waals surface area contributed by atoms with Crippen LogP contribution in [0.2, 0.25) is 0 Å². The fourth-order valence-corrected chi connectivity index (χ4v) is 2.34. The van der Waals surface area contributed by atoms with Gasteiger partial charge in [-0.2, -0.15) is 0 Å². The predicted molar refractivity (Wildman–Crippen MR) is 57.6 cm³/mol. The van der Waals surface area contributed by atoms with Crippen molar-refractivity contribution in [2.75, 3.05) is 26.7 Å².